The highest BCUT2D eigenvalue weighted by Crippen LogP contribution is 2.94. The summed E-state index contributed by atoms with van der Waals surface area (Å²) in [5.41, 5.74) is 12.3. The summed E-state index contributed by atoms with van der Waals surface area (Å²) >= 11 is 0. The second-order valence-electron chi connectivity index (χ2n) is 13.2. The van der Waals surface area contributed by atoms with Crippen LogP contribution in [0.25, 0.3) is 49.9 Å². The van der Waals surface area contributed by atoms with Crippen molar-refractivity contribution >= 4 is 21.8 Å². The van der Waals surface area contributed by atoms with Gasteiger partial charge >= 0.3 is 0 Å². The molecular formula is C38H28N2. The van der Waals surface area contributed by atoms with E-state index >= 15 is 0 Å². The van der Waals surface area contributed by atoms with Crippen LogP contribution in [0.3, 0.4) is 0 Å². The Hall–Kier alpha value is -4.17. The van der Waals surface area contributed by atoms with Gasteiger partial charge in [0, 0.05) is 22.4 Å². The van der Waals surface area contributed by atoms with Gasteiger partial charge in [0.2, 0.25) is 0 Å². The zero-order chi connectivity index (χ0) is 25.8. The van der Waals surface area contributed by atoms with Gasteiger partial charge in [-0.05, 0) is 118 Å². The van der Waals surface area contributed by atoms with E-state index in [9.17, 15) is 0 Å². The van der Waals surface area contributed by atoms with Gasteiger partial charge in [0.25, 0.3) is 0 Å². The summed E-state index contributed by atoms with van der Waals surface area (Å²) in [7, 11) is 0. The van der Waals surface area contributed by atoms with Crippen LogP contribution >= 0.6 is 0 Å². The molecule has 4 unspecified atom stereocenters. The van der Waals surface area contributed by atoms with Crippen molar-refractivity contribution in [2.24, 2.45) is 29.1 Å². The molecule has 6 aromatic rings. The predicted molar refractivity (Wildman–Crippen MR) is 160 cm³/mol. The second-order valence-corrected chi connectivity index (χ2v) is 13.2. The summed E-state index contributed by atoms with van der Waals surface area (Å²) in [5.74, 6) is 4.81. The van der Waals surface area contributed by atoms with Crippen LogP contribution in [0.1, 0.15) is 30.4 Å². The lowest BCUT2D eigenvalue weighted by atomic mass is 9.11. The Morgan fingerprint density at radius 1 is 0.600 bits per heavy atom. The first-order valence-corrected chi connectivity index (χ1v) is 15.0. The summed E-state index contributed by atoms with van der Waals surface area (Å²) in [5, 5.41) is 2.55. The van der Waals surface area contributed by atoms with Gasteiger partial charge in [-0.1, -0.05) is 66.7 Å². The Morgan fingerprint density at radius 2 is 1.32 bits per heavy atom. The third-order valence-electron chi connectivity index (χ3n) is 12.3. The second kappa shape index (κ2) is 6.58. The maximum atomic E-state index is 4.69. The molecule has 2 heteroatoms. The average molecular weight is 513 g/mol. The Kier molecular flexibility index (Phi) is 3.40. The van der Waals surface area contributed by atoms with Crippen molar-refractivity contribution in [3.63, 3.8) is 0 Å². The summed E-state index contributed by atoms with van der Waals surface area (Å²) in [6, 6.07) is 38.7. The first-order chi connectivity index (χ1) is 19.8. The molecule has 0 saturated heterocycles. The standard InChI is InChI=1S/C38H28N2/c1-3-9-30-26(7-1)28-17-22(12-14-31(28)38(30)34-20-24-19-25-21-35(38)37(24,25)34)23-13-15-33-29(18-23)27-8-2-4-10-32(27)40(33)36-11-5-6-16-39-36/h1-18,24-25,34-35H,19-21H2. The minimum Gasteiger partial charge on any atom is -0.294 e. The van der Waals surface area contributed by atoms with E-state index < -0.39 is 0 Å². The molecule has 0 radical (unpaired) electrons. The molecule has 2 aromatic heterocycles. The van der Waals surface area contributed by atoms with Gasteiger partial charge in [0.05, 0.1) is 11.0 Å². The summed E-state index contributed by atoms with van der Waals surface area (Å²) in [6.07, 6.45) is 6.32. The lowest BCUT2D eigenvalue weighted by Crippen LogP contribution is -2.88. The van der Waals surface area contributed by atoms with E-state index in [-0.39, 0.29) is 5.41 Å². The van der Waals surface area contributed by atoms with Gasteiger partial charge < -0.3 is 0 Å². The van der Waals surface area contributed by atoms with Crippen molar-refractivity contribution < 1.29 is 0 Å². The SMILES string of the molecule is c1ccc(-n2c3ccccc3c3cc(-c4ccc5c(c4)-c4ccccc4C54C5CC6CC7CC4C675)ccc32)nc1. The maximum Gasteiger partial charge on any atom is 0.137 e. The summed E-state index contributed by atoms with van der Waals surface area (Å²) < 4.78 is 2.29. The van der Waals surface area contributed by atoms with E-state index in [1.165, 1.54) is 63.3 Å². The number of hydrogen-bond donors (Lipinski definition) is 0. The summed E-state index contributed by atoms with van der Waals surface area (Å²) in [4.78, 5) is 4.69. The molecule has 2 heterocycles. The van der Waals surface area contributed by atoms with Crippen molar-refractivity contribution in [2.45, 2.75) is 24.7 Å². The zero-order valence-electron chi connectivity index (χ0n) is 22.2. The molecular weight excluding hydrogens is 484 g/mol. The van der Waals surface area contributed by atoms with Crippen LogP contribution in [0, 0.1) is 29.1 Å². The van der Waals surface area contributed by atoms with Gasteiger partial charge in [-0.3, -0.25) is 4.57 Å². The van der Waals surface area contributed by atoms with Crippen LogP contribution in [0.2, 0.25) is 0 Å². The quantitative estimate of drug-likeness (QED) is 0.227. The topological polar surface area (TPSA) is 17.8 Å². The largest absolute Gasteiger partial charge is 0.294 e. The molecule has 190 valence electrons. The molecule has 0 amide bonds. The van der Waals surface area contributed by atoms with E-state index in [0.29, 0.717) is 0 Å². The van der Waals surface area contributed by atoms with E-state index in [2.05, 4.69) is 102 Å². The minimum atomic E-state index is 0.290. The number of para-hydroxylation sites is 1. The molecule has 4 aromatic carbocycles. The van der Waals surface area contributed by atoms with Crippen LogP contribution in [-0.2, 0) is 5.41 Å². The van der Waals surface area contributed by atoms with Crippen LogP contribution in [0.5, 0.6) is 0 Å². The lowest BCUT2D eigenvalue weighted by Gasteiger charge is -2.92. The smallest absolute Gasteiger partial charge is 0.137 e. The van der Waals surface area contributed by atoms with E-state index in [1.54, 1.807) is 11.1 Å². The van der Waals surface area contributed by atoms with Gasteiger partial charge in [0.1, 0.15) is 5.82 Å². The fourth-order valence-corrected chi connectivity index (χ4v) is 11.0. The van der Waals surface area contributed by atoms with Gasteiger partial charge in [-0.2, -0.15) is 0 Å². The van der Waals surface area contributed by atoms with Crippen molar-refractivity contribution in [2.75, 3.05) is 0 Å². The Balaban J connectivity index is 1.10. The highest BCUT2D eigenvalue weighted by Gasteiger charge is 2.90. The third-order valence-corrected chi connectivity index (χ3v) is 12.3. The highest BCUT2D eigenvalue weighted by molar-refractivity contribution is 6.10. The number of nitrogens with zero attached hydrogens (tertiary/aromatic N) is 2. The number of pyridine rings is 1. The average Bonchev–Trinajstić information content (AvgIpc) is 3.46. The molecule has 0 bridgehead atoms. The number of aromatic nitrogens is 2. The number of fused-ring (bicyclic) bond motifs is 10. The first kappa shape index (κ1) is 20.7. The van der Waals surface area contributed by atoms with Crippen LogP contribution < -0.4 is 0 Å². The zero-order valence-corrected chi connectivity index (χ0v) is 22.2. The summed E-state index contributed by atoms with van der Waals surface area (Å²) in [6.45, 7) is 0. The van der Waals surface area contributed by atoms with E-state index in [1.807, 2.05) is 12.3 Å². The molecule has 4 fully saturated rings. The van der Waals surface area contributed by atoms with Gasteiger partial charge in [-0.25, -0.2) is 4.98 Å². The van der Waals surface area contributed by atoms with Crippen molar-refractivity contribution in [3.8, 4) is 28.1 Å². The normalized spacial score (nSPS) is 31.4. The first-order valence-electron chi connectivity index (χ1n) is 15.0. The molecule has 2 nitrogen and oxygen atoms in total. The molecule has 0 N–H and O–H groups in total. The molecule has 4 atom stereocenters. The molecule has 40 heavy (non-hydrogen) atoms. The van der Waals surface area contributed by atoms with Crippen LogP contribution in [-0.4, -0.2) is 9.55 Å². The van der Waals surface area contributed by atoms with Crippen molar-refractivity contribution in [3.05, 3.63) is 120 Å². The van der Waals surface area contributed by atoms with Gasteiger partial charge in [0.15, 0.2) is 0 Å². The van der Waals surface area contributed by atoms with Crippen molar-refractivity contribution in [1.82, 2.24) is 9.55 Å². The third kappa shape index (κ3) is 1.98. The predicted octanol–water partition coefficient (Wildman–Crippen LogP) is 8.79. The van der Waals surface area contributed by atoms with E-state index in [0.717, 1.165) is 34.9 Å². The van der Waals surface area contributed by atoms with Crippen LogP contribution in [0.4, 0.5) is 0 Å². The minimum absolute atomic E-state index is 0.290. The van der Waals surface area contributed by atoms with Crippen LogP contribution in [0.15, 0.2) is 109 Å². The molecule has 11 rings (SSSR count). The van der Waals surface area contributed by atoms with Gasteiger partial charge in [-0.15, -0.1) is 0 Å². The highest BCUT2D eigenvalue weighted by atomic mass is 15.1. The Morgan fingerprint density at radius 3 is 2.17 bits per heavy atom. The number of benzene rings is 4. The maximum absolute atomic E-state index is 4.69. The van der Waals surface area contributed by atoms with Crippen molar-refractivity contribution in [1.29, 1.82) is 0 Å². The molecule has 5 aliphatic rings. The number of hydrogen-bond acceptors (Lipinski definition) is 1. The Bertz CT molecular complexity index is 2060. The lowest BCUT2D eigenvalue weighted by molar-refractivity contribution is -0.412. The Labute approximate surface area is 233 Å². The molecule has 0 aliphatic heterocycles. The monoisotopic (exact) mass is 512 g/mol. The van der Waals surface area contributed by atoms with E-state index in [4.69, 9.17) is 4.98 Å². The fraction of sp³-hybridized carbons (Fsp3) is 0.237. The molecule has 4 saturated carbocycles. The fourth-order valence-electron chi connectivity index (χ4n) is 11.0. The molecule has 2 spiro atoms. The number of rotatable bonds is 2. The molecule has 5 aliphatic carbocycles.